The Hall–Kier alpha value is -1.64. The quantitative estimate of drug-likeness (QED) is 0.777. The lowest BCUT2D eigenvalue weighted by Gasteiger charge is -2.29. The van der Waals surface area contributed by atoms with Crippen LogP contribution in [0.25, 0.3) is 0 Å². The van der Waals surface area contributed by atoms with Crippen molar-refractivity contribution in [1.82, 2.24) is 0 Å². The molecule has 2 N–H and O–H groups in total. The highest BCUT2D eigenvalue weighted by Gasteiger charge is 2.31. The maximum atomic E-state index is 12.0. The van der Waals surface area contributed by atoms with Crippen LogP contribution < -0.4 is 9.88 Å². The van der Waals surface area contributed by atoms with Crippen molar-refractivity contribution in [2.75, 3.05) is 19.8 Å². The van der Waals surface area contributed by atoms with E-state index in [1.54, 1.807) is 6.07 Å². The van der Waals surface area contributed by atoms with Crippen LogP contribution in [-0.2, 0) is 30.7 Å². The minimum atomic E-state index is -3.78. The first kappa shape index (κ1) is 14.3. The number of nitrogens with two attached hydrogens (primary N) is 1. The maximum absolute atomic E-state index is 12.0. The standard InChI is InChI=1S/C13H15NO6S/c14-21(16,17)11-1-2-12-8(4-11)3-9(5-19-12)13(15)20-10-6-18-7-10/h1-2,4,9-10H,3,5-7H2,(H2,14,16,17). The molecule has 8 heteroatoms. The molecule has 1 aromatic rings. The predicted octanol–water partition coefficient (Wildman–Crippen LogP) is -0.173. The van der Waals surface area contributed by atoms with Gasteiger partial charge in [-0.25, -0.2) is 13.6 Å². The third-order valence-electron chi connectivity index (χ3n) is 3.49. The minimum Gasteiger partial charge on any atom is -0.492 e. The van der Waals surface area contributed by atoms with Gasteiger partial charge >= 0.3 is 5.97 Å². The van der Waals surface area contributed by atoms with Gasteiger partial charge in [-0.15, -0.1) is 0 Å². The Morgan fingerprint density at radius 1 is 1.29 bits per heavy atom. The summed E-state index contributed by atoms with van der Waals surface area (Å²) in [6.45, 7) is 1.06. The Bertz CT molecular complexity index is 667. The number of carbonyl (C=O) groups excluding carboxylic acids is 1. The molecular formula is C13H15NO6S. The summed E-state index contributed by atoms with van der Waals surface area (Å²) >= 11 is 0. The molecule has 0 radical (unpaired) electrons. The van der Waals surface area contributed by atoms with Gasteiger partial charge in [0.1, 0.15) is 18.5 Å². The van der Waals surface area contributed by atoms with Crippen LogP contribution >= 0.6 is 0 Å². The van der Waals surface area contributed by atoms with Gasteiger partial charge in [0.2, 0.25) is 10.0 Å². The third-order valence-corrected chi connectivity index (χ3v) is 4.40. The molecule has 2 aliphatic rings. The largest absolute Gasteiger partial charge is 0.492 e. The smallest absolute Gasteiger partial charge is 0.313 e. The molecule has 7 nitrogen and oxygen atoms in total. The Morgan fingerprint density at radius 2 is 2.05 bits per heavy atom. The fraction of sp³-hybridized carbons (Fsp3) is 0.462. The molecular weight excluding hydrogens is 298 g/mol. The molecule has 114 valence electrons. The summed E-state index contributed by atoms with van der Waals surface area (Å²) in [7, 11) is -3.78. The van der Waals surface area contributed by atoms with E-state index in [0.717, 1.165) is 0 Å². The molecule has 21 heavy (non-hydrogen) atoms. The number of sulfonamides is 1. The van der Waals surface area contributed by atoms with Gasteiger partial charge in [-0.1, -0.05) is 0 Å². The van der Waals surface area contributed by atoms with Crippen molar-refractivity contribution in [3.63, 3.8) is 0 Å². The van der Waals surface area contributed by atoms with Crippen LogP contribution in [-0.4, -0.2) is 40.3 Å². The first-order valence-electron chi connectivity index (χ1n) is 6.50. The molecule has 0 amide bonds. The van der Waals surface area contributed by atoms with Crippen molar-refractivity contribution in [1.29, 1.82) is 0 Å². The van der Waals surface area contributed by atoms with Gasteiger partial charge in [0, 0.05) is 0 Å². The molecule has 1 unspecified atom stereocenters. The second-order valence-corrected chi connectivity index (χ2v) is 6.68. The summed E-state index contributed by atoms with van der Waals surface area (Å²) in [5.74, 6) is -0.234. The SMILES string of the molecule is NS(=O)(=O)c1ccc2c(c1)CC(C(=O)OC1COC1)CO2. The summed E-state index contributed by atoms with van der Waals surface area (Å²) in [6, 6.07) is 4.38. The Morgan fingerprint density at radius 3 is 2.67 bits per heavy atom. The summed E-state index contributed by atoms with van der Waals surface area (Å²) in [5.41, 5.74) is 0.639. The number of benzene rings is 1. The van der Waals surface area contributed by atoms with Gasteiger partial charge in [-0.2, -0.15) is 0 Å². The molecule has 1 aromatic carbocycles. The molecule has 0 aliphatic carbocycles. The molecule has 0 aromatic heterocycles. The highest BCUT2D eigenvalue weighted by atomic mass is 32.2. The van der Waals surface area contributed by atoms with Crippen LogP contribution in [0.1, 0.15) is 5.56 Å². The Balaban J connectivity index is 1.75. The van der Waals surface area contributed by atoms with Crippen molar-refractivity contribution < 1.29 is 27.4 Å². The molecule has 0 spiro atoms. The number of primary sulfonamides is 1. The zero-order valence-corrected chi connectivity index (χ0v) is 12.0. The van der Waals surface area contributed by atoms with Crippen LogP contribution in [0, 0.1) is 5.92 Å². The number of hydrogen-bond donors (Lipinski definition) is 1. The van der Waals surface area contributed by atoms with Crippen molar-refractivity contribution in [2.45, 2.75) is 17.4 Å². The zero-order chi connectivity index (χ0) is 15.0. The molecule has 1 saturated heterocycles. The summed E-state index contributed by atoms with van der Waals surface area (Å²) < 4.78 is 38.4. The molecule has 3 rings (SSSR count). The van der Waals surface area contributed by atoms with Crippen molar-refractivity contribution in [3.05, 3.63) is 23.8 Å². The second kappa shape index (κ2) is 5.28. The number of carbonyl (C=O) groups is 1. The minimum absolute atomic E-state index is 0.00580. The average Bonchev–Trinajstić information content (AvgIpc) is 2.40. The number of esters is 1. The van der Waals surface area contributed by atoms with E-state index in [2.05, 4.69) is 0 Å². The van der Waals surface area contributed by atoms with Crippen LogP contribution in [0.3, 0.4) is 0 Å². The van der Waals surface area contributed by atoms with Crippen molar-refractivity contribution >= 4 is 16.0 Å². The van der Waals surface area contributed by atoms with E-state index >= 15 is 0 Å². The number of hydrogen-bond acceptors (Lipinski definition) is 6. The number of fused-ring (bicyclic) bond motifs is 1. The summed E-state index contributed by atoms with van der Waals surface area (Å²) in [5, 5.41) is 5.10. The zero-order valence-electron chi connectivity index (χ0n) is 11.2. The molecule has 1 fully saturated rings. The topological polar surface area (TPSA) is 105 Å². The van der Waals surface area contributed by atoms with Crippen LogP contribution in [0.4, 0.5) is 0 Å². The van der Waals surface area contributed by atoms with E-state index < -0.39 is 15.9 Å². The van der Waals surface area contributed by atoms with Gasteiger partial charge in [-0.3, -0.25) is 4.79 Å². The van der Waals surface area contributed by atoms with Gasteiger partial charge in [0.25, 0.3) is 0 Å². The fourth-order valence-corrected chi connectivity index (χ4v) is 2.81. The van der Waals surface area contributed by atoms with Gasteiger partial charge in [0.05, 0.1) is 24.0 Å². The normalized spacial score (nSPS) is 21.9. The molecule has 2 aliphatic heterocycles. The second-order valence-electron chi connectivity index (χ2n) is 5.12. The van der Waals surface area contributed by atoms with Crippen LogP contribution in [0.15, 0.2) is 23.1 Å². The van der Waals surface area contributed by atoms with E-state index in [1.807, 2.05) is 0 Å². The molecule has 2 heterocycles. The highest BCUT2D eigenvalue weighted by molar-refractivity contribution is 7.89. The number of rotatable bonds is 3. The highest BCUT2D eigenvalue weighted by Crippen LogP contribution is 2.30. The lowest BCUT2D eigenvalue weighted by Crippen LogP contribution is -2.41. The maximum Gasteiger partial charge on any atom is 0.313 e. The third kappa shape index (κ3) is 3.02. The van der Waals surface area contributed by atoms with Gasteiger partial charge < -0.3 is 14.2 Å². The first-order chi connectivity index (χ1) is 9.93. The Kier molecular flexibility index (Phi) is 3.60. The first-order valence-corrected chi connectivity index (χ1v) is 8.05. The van der Waals surface area contributed by atoms with Crippen LogP contribution in [0.2, 0.25) is 0 Å². The van der Waals surface area contributed by atoms with Crippen molar-refractivity contribution in [2.24, 2.45) is 11.1 Å². The lowest BCUT2D eigenvalue weighted by molar-refractivity contribution is -0.178. The molecule has 0 saturated carbocycles. The monoisotopic (exact) mass is 313 g/mol. The van der Waals surface area contributed by atoms with E-state index in [1.165, 1.54) is 12.1 Å². The lowest BCUT2D eigenvalue weighted by atomic mass is 9.97. The van der Waals surface area contributed by atoms with E-state index in [-0.39, 0.29) is 23.6 Å². The molecule has 1 atom stereocenters. The van der Waals surface area contributed by atoms with E-state index in [4.69, 9.17) is 19.3 Å². The fourth-order valence-electron chi connectivity index (χ4n) is 2.24. The summed E-state index contributed by atoms with van der Waals surface area (Å²) in [6.07, 6.45) is 0.181. The van der Waals surface area contributed by atoms with E-state index in [0.29, 0.717) is 30.9 Å². The Labute approximate surface area is 122 Å². The predicted molar refractivity (Wildman–Crippen MR) is 71.2 cm³/mol. The van der Waals surface area contributed by atoms with Gasteiger partial charge in [-0.05, 0) is 30.2 Å². The van der Waals surface area contributed by atoms with Crippen molar-refractivity contribution in [3.8, 4) is 5.75 Å². The molecule has 0 bridgehead atoms. The number of ether oxygens (including phenoxy) is 3. The van der Waals surface area contributed by atoms with E-state index in [9.17, 15) is 13.2 Å². The average molecular weight is 313 g/mol. The summed E-state index contributed by atoms with van der Waals surface area (Å²) in [4.78, 5) is 12.0. The van der Waals surface area contributed by atoms with Crippen LogP contribution in [0.5, 0.6) is 5.75 Å². The van der Waals surface area contributed by atoms with Gasteiger partial charge in [0.15, 0.2) is 0 Å².